The molecular formula is C14H10ClF3O. The van der Waals surface area contributed by atoms with E-state index >= 15 is 0 Å². The van der Waals surface area contributed by atoms with Crippen LogP contribution in [0.2, 0.25) is 0 Å². The second kappa shape index (κ2) is 5.53. The molecule has 19 heavy (non-hydrogen) atoms. The maximum absolute atomic E-state index is 12.9. The Balaban J connectivity index is 2.40. The molecule has 0 heterocycles. The largest absolute Gasteiger partial charge is 0.457 e. The normalized spacial score (nSPS) is 11.4. The van der Waals surface area contributed by atoms with Gasteiger partial charge in [0.2, 0.25) is 0 Å². The second-order valence-corrected chi connectivity index (χ2v) is 4.14. The Kier molecular flexibility index (Phi) is 4.00. The van der Waals surface area contributed by atoms with E-state index in [0.717, 1.165) is 6.07 Å². The summed E-state index contributed by atoms with van der Waals surface area (Å²) < 4.78 is 44.1. The molecule has 0 aliphatic carbocycles. The molecule has 100 valence electrons. The molecule has 0 aliphatic heterocycles. The first-order chi connectivity index (χ1) is 9.00. The van der Waals surface area contributed by atoms with Gasteiger partial charge in [-0.05, 0) is 29.8 Å². The zero-order valence-electron chi connectivity index (χ0n) is 9.75. The van der Waals surface area contributed by atoms with Crippen molar-refractivity contribution in [3.63, 3.8) is 0 Å². The van der Waals surface area contributed by atoms with Gasteiger partial charge in [0.05, 0.1) is 5.56 Å². The zero-order chi connectivity index (χ0) is 13.9. The number of para-hydroxylation sites is 1. The Bertz CT molecular complexity index is 552. The van der Waals surface area contributed by atoms with E-state index < -0.39 is 11.7 Å². The average molecular weight is 287 g/mol. The van der Waals surface area contributed by atoms with Crippen molar-refractivity contribution in [2.45, 2.75) is 12.1 Å². The number of ether oxygens (including phenoxy) is 1. The van der Waals surface area contributed by atoms with Crippen LogP contribution in [0.25, 0.3) is 0 Å². The van der Waals surface area contributed by atoms with E-state index in [1.54, 1.807) is 30.3 Å². The lowest BCUT2D eigenvalue weighted by Gasteiger charge is -2.14. The number of benzene rings is 2. The van der Waals surface area contributed by atoms with Gasteiger partial charge in [-0.1, -0.05) is 24.3 Å². The first-order valence-electron chi connectivity index (χ1n) is 5.49. The number of hydrogen-bond donors (Lipinski definition) is 0. The molecule has 2 aromatic rings. The first-order valence-corrected chi connectivity index (χ1v) is 6.03. The lowest BCUT2D eigenvalue weighted by Crippen LogP contribution is -2.07. The first kappa shape index (κ1) is 13.7. The molecule has 0 fully saturated rings. The third kappa shape index (κ3) is 3.41. The Morgan fingerprint density at radius 2 is 1.68 bits per heavy atom. The molecule has 1 nitrogen and oxygen atoms in total. The van der Waals surface area contributed by atoms with Crippen molar-refractivity contribution in [2.24, 2.45) is 0 Å². The topological polar surface area (TPSA) is 9.23 Å². The maximum atomic E-state index is 12.9. The molecule has 0 bridgehead atoms. The van der Waals surface area contributed by atoms with Crippen molar-refractivity contribution in [3.05, 3.63) is 59.7 Å². The van der Waals surface area contributed by atoms with Crippen molar-refractivity contribution in [2.75, 3.05) is 0 Å². The summed E-state index contributed by atoms with van der Waals surface area (Å²) in [6.45, 7) is 0. The summed E-state index contributed by atoms with van der Waals surface area (Å²) >= 11 is 5.55. The second-order valence-electron chi connectivity index (χ2n) is 3.88. The van der Waals surface area contributed by atoms with Crippen LogP contribution in [-0.4, -0.2) is 0 Å². The Labute approximate surface area is 113 Å². The molecular weight excluding hydrogens is 277 g/mol. The van der Waals surface area contributed by atoms with Gasteiger partial charge in [-0.25, -0.2) is 0 Å². The van der Waals surface area contributed by atoms with E-state index in [1.165, 1.54) is 12.1 Å². The van der Waals surface area contributed by atoms with Crippen LogP contribution >= 0.6 is 11.6 Å². The Morgan fingerprint density at radius 1 is 1.00 bits per heavy atom. The highest BCUT2D eigenvalue weighted by molar-refractivity contribution is 6.17. The molecule has 0 saturated heterocycles. The zero-order valence-corrected chi connectivity index (χ0v) is 10.5. The molecule has 5 heteroatoms. The van der Waals surface area contributed by atoms with Crippen LogP contribution in [0, 0.1) is 0 Å². The maximum Gasteiger partial charge on any atom is 0.419 e. The standard InChI is InChI=1S/C14H10ClF3O/c15-9-10-6-7-13(12(8-10)14(16,17)18)19-11-4-2-1-3-5-11/h1-8H,9H2. The molecule has 0 radical (unpaired) electrons. The van der Waals surface area contributed by atoms with Gasteiger partial charge in [0.25, 0.3) is 0 Å². The fourth-order valence-electron chi connectivity index (χ4n) is 1.59. The molecule has 0 amide bonds. The highest BCUT2D eigenvalue weighted by atomic mass is 35.5. The van der Waals surface area contributed by atoms with Crippen LogP contribution in [0.15, 0.2) is 48.5 Å². The van der Waals surface area contributed by atoms with Gasteiger partial charge < -0.3 is 4.74 Å². The van der Waals surface area contributed by atoms with Crippen molar-refractivity contribution in [1.82, 2.24) is 0 Å². The summed E-state index contributed by atoms with van der Waals surface area (Å²) in [5.74, 6) is 0.147. The summed E-state index contributed by atoms with van der Waals surface area (Å²) in [5.41, 5.74) is -0.427. The predicted molar refractivity (Wildman–Crippen MR) is 67.5 cm³/mol. The lowest BCUT2D eigenvalue weighted by atomic mass is 10.1. The molecule has 2 aromatic carbocycles. The smallest absolute Gasteiger partial charge is 0.419 e. The van der Waals surface area contributed by atoms with Gasteiger partial charge in [-0.15, -0.1) is 11.6 Å². The minimum absolute atomic E-state index is 0.0225. The summed E-state index contributed by atoms with van der Waals surface area (Å²) in [6.07, 6.45) is -4.48. The average Bonchev–Trinajstić information content (AvgIpc) is 2.39. The molecule has 0 spiro atoms. The van der Waals surface area contributed by atoms with E-state index in [1.807, 2.05) is 0 Å². The highest BCUT2D eigenvalue weighted by Gasteiger charge is 2.34. The molecule has 0 N–H and O–H groups in total. The number of hydrogen-bond acceptors (Lipinski definition) is 1. The Morgan fingerprint density at radius 3 is 2.26 bits per heavy atom. The van der Waals surface area contributed by atoms with Gasteiger partial charge >= 0.3 is 6.18 Å². The van der Waals surface area contributed by atoms with Crippen LogP contribution in [-0.2, 0) is 12.1 Å². The van der Waals surface area contributed by atoms with Crippen molar-refractivity contribution >= 4 is 11.6 Å². The van der Waals surface area contributed by atoms with Crippen LogP contribution in [0.4, 0.5) is 13.2 Å². The van der Waals surface area contributed by atoms with E-state index in [-0.39, 0.29) is 11.6 Å². The van der Waals surface area contributed by atoms with E-state index in [9.17, 15) is 13.2 Å². The monoisotopic (exact) mass is 286 g/mol. The summed E-state index contributed by atoms with van der Waals surface area (Å²) in [7, 11) is 0. The molecule has 2 rings (SSSR count). The number of rotatable bonds is 3. The van der Waals surface area contributed by atoms with E-state index in [4.69, 9.17) is 16.3 Å². The lowest BCUT2D eigenvalue weighted by molar-refractivity contribution is -0.138. The van der Waals surface area contributed by atoms with Crippen LogP contribution in [0.1, 0.15) is 11.1 Å². The van der Waals surface area contributed by atoms with Crippen LogP contribution < -0.4 is 4.74 Å². The molecule has 0 atom stereocenters. The molecule has 0 aromatic heterocycles. The molecule has 0 unspecified atom stereocenters. The quantitative estimate of drug-likeness (QED) is 0.701. The fraction of sp³-hybridized carbons (Fsp3) is 0.143. The third-order valence-electron chi connectivity index (χ3n) is 2.47. The van der Waals surface area contributed by atoms with Crippen LogP contribution in [0.3, 0.4) is 0 Å². The van der Waals surface area contributed by atoms with Crippen molar-refractivity contribution in [3.8, 4) is 11.5 Å². The third-order valence-corrected chi connectivity index (χ3v) is 2.78. The minimum atomic E-state index is -4.48. The van der Waals surface area contributed by atoms with E-state index in [2.05, 4.69) is 0 Å². The highest BCUT2D eigenvalue weighted by Crippen LogP contribution is 2.38. The van der Waals surface area contributed by atoms with E-state index in [0.29, 0.717) is 11.3 Å². The SMILES string of the molecule is FC(F)(F)c1cc(CCl)ccc1Oc1ccccc1. The van der Waals surface area contributed by atoms with Crippen molar-refractivity contribution < 1.29 is 17.9 Å². The van der Waals surface area contributed by atoms with Gasteiger partial charge in [-0.3, -0.25) is 0 Å². The fourth-order valence-corrected chi connectivity index (χ4v) is 1.75. The minimum Gasteiger partial charge on any atom is -0.457 e. The molecule has 0 aliphatic rings. The van der Waals surface area contributed by atoms with Gasteiger partial charge in [0.15, 0.2) is 0 Å². The Hall–Kier alpha value is -1.68. The van der Waals surface area contributed by atoms with Gasteiger partial charge in [0.1, 0.15) is 11.5 Å². The summed E-state index contributed by atoms with van der Waals surface area (Å²) in [4.78, 5) is 0. The number of halogens is 4. The van der Waals surface area contributed by atoms with Crippen LogP contribution in [0.5, 0.6) is 11.5 Å². The summed E-state index contributed by atoms with van der Waals surface area (Å²) in [5, 5.41) is 0. The molecule has 0 saturated carbocycles. The van der Waals surface area contributed by atoms with Crippen molar-refractivity contribution in [1.29, 1.82) is 0 Å². The van der Waals surface area contributed by atoms with Gasteiger partial charge in [-0.2, -0.15) is 13.2 Å². The predicted octanol–water partition coefficient (Wildman–Crippen LogP) is 5.24. The number of alkyl halides is 4. The van der Waals surface area contributed by atoms with Gasteiger partial charge in [0, 0.05) is 5.88 Å². The summed E-state index contributed by atoms with van der Waals surface area (Å²) in [6, 6.07) is 12.1.